The minimum absolute atomic E-state index is 0.259. The molecule has 0 saturated carbocycles. The van der Waals surface area contributed by atoms with Crippen molar-refractivity contribution in [1.29, 1.82) is 0 Å². The normalized spacial score (nSPS) is 10.4. The Labute approximate surface area is 115 Å². The predicted molar refractivity (Wildman–Crippen MR) is 71.7 cm³/mol. The van der Waals surface area contributed by atoms with Gasteiger partial charge in [0.25, 0.3) is 5.91 Å². The Morgan fingerprint density at radius 1 is 1.39 bits per heavy atom. The van der Waals surface area contributed by atoms with E-state index in [1.165, 1.54) is 10.9 Å². The first kappa shape index (κ1) is 12.9. The van der Waals surface area contributed by atoms with Crippen molar-refractivity contribution in [3.63, 3.8) is 0 Å². The van der Waals surface area contributed by atoms with Gasteiger partial charge in [0.05, 0.1) is 17.4 Å². The van der Waals surface area contributed by atoms with Crippen LogP contribution in [0.15, 0.2) is 24.4 Å². The minimum atomic E-state index is -0.274. The summed E-state index contributed by atoms with van der Waals surface area (Å²) in [6.07, 6.45) is 1.43. The smallest absolute Gasteiger partial charge is 0.255 e. The number of benzene rings is 1. The molecule has 4 nitrogen and oxygen atoms in total. The van der Waals surface area contributed by atoms with Crippen LogP contribution in [0.3, 0.4) is 0 Å². The van der Waals surface area contributed by atoms with Crippen molar-refractivity contribution in [2.75, 3.05) is 7.05 Å². The van der Waals surface area contributed by atoms with E-state index in [0.29, 0.717) is 16.3 Å². The Balaban J connectivity index is 2.48. The van der Waals surface area contributed by atoms with Crippen molar-refractivity contribution in [3.8, 4) is 5.69 Å². The van der Waals surface area contributed by atoms with E-state index < -0.39 is 0 Å². The van der Waals surface area contributed by atoms with Gasteiger partial charge >= 0.3 is 0 Å². The zero-order chi connectivity index (χ0) is 13.3. The summed E-state index contributed by atoms with van der Waals surface area (Å²) in [7, 11) is 1.54. The van der Waals surface area contributed by atoms with Crippen LogP contribution in [-0.2, 0) is 0 Å². The van der Waals surface area contributed by atoms with Gasteiger partial charge in [0.2, 0.25) is 0 Å². The van der Waals surface area contributed by atoms with Gasteiger partial charge in [-0.3, -0.25) is 4.79 Å². The fourth-order valence-corrected chi connectivity index (χ4v) is 1.96. The molecular formula is C12H11Cl2N3O. The molecule has 0 spiro atoms. The van der Waals surface area contributed by atoms with Crippen LogP contribution in [-0.4, -0.2) is 22.7 Å². The van der Waals surface area contributed by atoms with Gasteiger partial charge in [0.1, 0.15) is 5.15 Å². The first-order valence-corrected chi connectivity index (χ1v) is 6.02. The van der Waals surface area contributed by atoms with Gasteiger partial charge in [-0.2, -0.15) is 5.10 Å². The van der Waals surface area contributed by atoms with E-state index in [0.717, 1.165) is 5.56 Å². The highest BCUT2D eigenvalue weighted by molar-refractivity contribution is 6.33. The number of halogens is 2. The van der Waals surface area contributed by atoms with Gasteiger partial charge in [-0.15, -0.1) is 0 Å². The lowest BCUT2D eigenvalue weighted by molar-refractivity contribution is 0.0963. The molecule has 1 aromatic carbocycles. The summed E-state index contributed by atoms with van der Waals surface area (Å²) in [4.78, 5) is 11.5. The molecule has 0 unspecified atom stereocenters. The lowest BCUT2D eigenvalue weighted by Crippen LogP contribution is -2.17. The molecule has 2 rings (SSSR count). The van der Waals surface area contributed by atoms with Crippen LogP contribution in [0, 0.1) is 6.92 Å². The summed E-state index contributed by atoms with van der Waals surface area (Å²) >= 11 is 12.2. The second kappa shape index (κ2) is 5.00. The molecule has 0 saturated heterocycles. The topological polar surface area (TPSA) is 46.9 Å². The Bertz CT molecular complexity index is 607. The average Bonchev–Trinajstić information content (AvgIpc) is 2.74. The van der Waals surface area contributed by atoms with Crippen molar-refractivity contribution in [2.45, 2.75) is 6.92 Å². The number of carbonyl (C=O) groups excluding carboxylic acids is 1. The summed E-state index contributed by atoms with van der Waals surface area (Å²) < 4.78 is 1.47. The van der Waals surface area contributed by atoms with Crippen LogP contribution in [0.25, 0.3) is 5.69 Å². The van der Waals surface area contributed by atoms with E-state index >= 15 is 0 Å². The molecule has 18 heavy (non-hydrogen) atoms. The summed E-state index contributed by atoms with van der Waals surface area (Å²) in [5, 5.41) is 7.48. The molecule has 0 aliphatic heterocycles. The molecule has 1 heterocycles. The number of aryl methyl sites for hydroxylation is 1. The molecule has 0 bridgehead atoms. The number of aromatic nitrogens is 2. The Kier molecular flexibility index (Phi) is 3.59. The van der Waals surface area contributed by atoms with Crippen molar-refractivity contribution >= 4 is 29.1 Å². The minimum Gasteiger partial charge on any atom is -0.355 e. The SMILES string of the molecule is CNC(=O)c1cnn(-c2ccc(C)c(Cl)c2)c1Cl. The third-order valence-corrected chi connectivity index (χ3v) is 3.35. The summed E-state index contributed by atoms with van der Waals surface area (Å²) in [5.41, 5.74) is 2.01. The lowest BCUT2D eigenvalue weighted by Gasteiger charge is -2.05. The first-order valence-electron chi connectivity index (χ1n) is 5.26. The Morgan fingerprint density at radius 2 is 2.11 bits per heavy atom. The van der Waals surface area contributed by atoms with Crippen LogP contribution in [0.4, 0.5) is 0 Å². The largest absolute Gasteiger partial charge is 0.355 e. The molecular weight excluding hydrogens is 273 g/mol. The second-order valence-corrected chi connectivity index (χ2v) is 4.54. The van der Waals surface area contributed by atoms with Gasteiger partial charge in [-0.1, -0.05) is 29.3 Å². The number of nitrogens with zero attached hydrogens (tertiary/aromatic N) is 2. The maximum atomic E-state index is 11.5. The van der Waals surface area contributed by atoms with Crippen LogP contribution < -0.4 is 5.32 Å². The molecule has 0 atom stereocenters. The fraction of sp³-hybridized carbons (Fsp3) is 0.167. The highest BCUT2D eigenvalue weighted by Crippen LogP contribution is 2.24. The number of carbonyl (C=O) groups is 1. The Hall–Kier alpha value is -1.52. The van der Waals surface area contributed by atoms with Crippen molar-refractivity contribution in [1.82, 2.24) is 15.1 Å². The van der Waals surface area contributed by atoms with Gasteiger partial charge in [-0.05, 0) is 24.6 Å². The summed E-state index contributed by atoms with van der Waals surface area (Å²) in [6, 6.07) is 5.46. The molecule has 0 fully saturated rings. The number of nitrogens with one attached hydrogen (secondary N) is 1. The molecule has 0 aliphatic carbocycles. The zero-order valence-corrected chi connectivity index (χ0v) is 11.4. The molecule has 94 valence electrons. The third-order valence-electron chi connectivity index (χ3n) is 2.58. The van der Waals surface area contributed by atoms with Crippen molar-refractivity contribution < 1.29 is 4.79 Å². The van der Waals surface area contributed by atoms with E-state index in [1.807, 2.05) is 19.1 Å². The maximum absolute atomic E-state index is 11.5. The predicted octanol–water partition coefficient (Wildman–Crippen LogP) is 2.85. The van der Waals surface area contributed by atoms with Gasteiger partial charge in [0, 0.05) is 12.1 Å². The summed E-state index contributed by atoms with van der Waals surface area (Å²) in [6.45, 7) is 1.91. The molecule has 1 amide bonds. The van der Waals surface area contributed by atoms with Crippen LogP contribution in [0.2, 0.25) is 10.2 Å². The molecule has 1 N–H and O–H groups in total. The number of hydrogen-bond acceptors (Lipinski definition) is 2. The molecule has 6 heteroatoms. The van der Waals surface area contributed by atoms with Crippen molar-refractivity contribution in [2.24, 2.45) is 0 Å². The molecule has 2 aromatic rings. The standard InChI is InChI=1S/C12H11Cl2N3O/c1-7-3-4-8(5-10(7)13)17-11(14)9(6-16-17)12(18)15-2/h3-6H,1-2H3,(H,15,18). The summed E-state index contributed by atoms with van der Waals surface area (Å²) in [5.74, 6) is -0.274. The number of hydrogen-bond donors (Lipinski definition) is 1. The maximum Gasteiger partial charge on any atom is 0.255 e. The lowest BCUT2D eigenvalue weighted by atomic mass is 10.2. The van der Waals surface area contributed by atoms with Crippen molar-refractivity contribution in [3.05, 3.63) is 45.7 Å². The number of amides is 1. The monoisotopic (exact) mass is 283 g/mol. The zero-order valence-electron chi connectivity index (χ0n) is 9.87. The fourth-order valence-electron chi connectivity index (χ4n) is 1.51. The Morgan fingerprint density at radius 3 is 2.72 bits per heavy atom. The van der Waals surface area contributed by atoms with Gasteiger partial charge in [-0.25, -0.2) is 4.68 Å². The highest BCUT2D eigenvalue weighted by atomic mass is 35.5. The third kappa shape index (κ3) is 2.21. The van der Waals surface area contributed by atoms with Gasteiger partial charge < -0.3 is 5.32 Å². The quantitative estimate of drug-likeness (QED) is 0.921. The highest BCUT2D eigenvalue weighted by Gasteiger charge is 2.15. The second-order valence-electron chi connectivity index (χ2n) is 3.77. The molecule has 0 radical (unpaired) electrons. The van der Waals surface area contributed by atoms with Crippen LogP contribution in [0.1, 0.15) is 15.9 Å². The average molecular weight is 284 g/mol. The number of rotatable bonds is 2. The molecule has 1 aromatic heterocycles. The first-order chi connectivity index (χ1) is 8.54. The van der Waals surface area contributed by atoms with Crippen LogP contribution in [0.5, 0.6) is 0 Å². The van der Waals surface area contributed by atoms with E-state index in [4.69, 9.17) is 23.2 Å². The van der Waals surface area contributed by atoms with Gasteiger partial charge in [0.15, 0.2) is 0 Å². The van der Waals surface area contributed by atoms with E-state index in [-0.39, 0.29) is 11.1 Å². The van der Waals surface area contributed by atoms with E-state index in [9.17, 15) is 4.79 Å². The van der Waals surface area contributed by atoms with E-state index in [1.54, 1.807) is 13.1 Å². The van der Waals surface area contributed by atoms with Crippen LogP contribution >= 0.6 is 23.2 Å². The van der Waals surface area contributed by atoms with E-state index in [2.05, 4.69) is 10.4 Å². The molecule has 0 aliphatic rings.